The van der Waals surface area contributed by atoms with E-state index in [-0.39, 0.29) is 11.3 Å². The van der Waals surface area contributed by atoms with Gasteiger partial charge in [0.15, 0.2) is 5.65 Å². The number of anilines is 1. The maximum atomic E-state index is 14.3. The van der Waals surface area contributed by atoms with Gasteiger partial charge in [-0.2, -0.15) is 10.1 Å². The lowest BCUT2D eigenvalue weighted by Crippen LogP contribution is -2.05. The Bertz CT molecular complexity index is 812. The summed E-state index contributed by atoms with van der Waals surface area (Å²) >= 11 is 0. The largest absolute Gasteiger partial charge is 0.354 e. The molecular weight excluding hydrogens is 276 g/mol. The molecule has 0 saturated heterocycles. The Labute approximate surface area is 119 Å². The molecular formula is C14H13F2N5. The number of halogens is 2. The number of nitrogens with one attached hydrogen (secondary N) is 2. The van der Waals surface area contributed by atoms with E-state index in [1.807, 2.05) is 6.92 Å². The van der Waals surface area contributed by atoms with Gasteiger partial charge < -0.3 is 5.32 Å². The third kappa shape index (κ3) is 2.20. The van der Waals surface area contributed by atoms with Crippen molar-refractivity contribution in [3.63, 3.8) is 0 Å². The molecule has 0 aliphatic rings. The average molecular weight is 289 g/mol. The van der Waals surface area contributed by atoms with Crippen molar-refractivity contribution in [2.24, 2.45) is 0 Å². The van der Waals surface area contributed by atoms with Gasteiger partial charge in [-0.15, -0.1) is 0 Å². The molecule has 0 spiro atoms. The summed E-state index contributed by atoms with van der Waals surface area (Å²) in [5, 5.41) is 9.98. The summed E-state index contributed by atoms with van der Waals surface area (Å²) in [5.74, 6) is -0.995. The van der Waals surface area contributed by atoms with Crippen LogP contribution in [-0.2, 0) is 0 Å². The fourth-order valence-corrected chi connectivity index (χ4v) is 2.14. The zero-order chi connectivity index (χ0) is 15.0. The molecule has 1 aromatic carbocycles. The van der Waals surface area contributed by atoms with Crippen LogP contribution in [0.2, 0.25) is 0 Å². The number of hydrogen-bond acceptors (Lipinski definition) is 4. The predicted molar refractivity (Wildman–Crippen MR) is 75.9 cm³/mol. The number of aryl methyl sites for hydroxylation is 1. The van der Waals surface area contributed by atoms with Crippen molar-refractivity contribution in [3.8, 4) is 11.3 Å². The number of fused-ring (bicyclic) bond motifs is 1. The molecule has 0 radical (unpaired) electrons. The molecule has 0 saturated carbocycles. The average Bonchev–Trinajstić information content (AvgIpc) is 2.92. The summed E-state index contributed by atoms with van der Waals surface area (Å²) in [5.41, 5.74) is 0.800. The quantitative estimate of drug-likeness (QED) is 0.777. The van der Waals surface area contributed by atoms with Crippen molar-refractivity contribution >= 4 is 17.0 Å². The molecule has 7 heteroatoms. The highest BCUT2D eigenvalue weighted by atomic mass is 19.1. The number of aromatic amines is 1. The van der Waals surface area contributed by atoms with Gasteiger partial charge in [0, 0.05) is 6.54 Å². The van der Waals surface area contributed by atoms with Crippen molar-refractivity contribution in [1.82, 2.24) is 20.2 Å². The van der Waals surface area contributed by atoms with Gasteiger partial charge in [-0.05, 0) is 25.5 Å². The second-order valence-corrected chi connectivity index (χ2v) is 4.61. The lowest BCUT2D eigenvalue weighted by Gasteiger charge is -2.09. The first-order chi connectivity index (χ1) is 10.1. The van der Waals surface area contributed by atoms with Crippen LogP contribution in [0.25, 0.3) is 22.3 Å². The number of rotatable bonds is 3. The minimum Gasteiger partial charge on any atom is -0.354 e. The SMILES string of the molecule is CCNc1nc(-c2c(F)ccc(C)c2F)c2cn[nH]c2n1. The fraction of sp³-hybridized carbons (Fsp3) is 0.214. The summed E-state index contributed by atoms with van der Waals surface area (Å²) < 4.78 is 28.5. The zero-order valence-electron chi connectivity index (χ0n) is 11.5. The minimum absolute atomic E-state index is 0.164. The molecule has 2 aromatic heterocycles. The summed E-state index contributed by atoms with van der Waals surface area (Å²) in [7, 11) is 0. The van der Waals surface area contributed by atoms with Crippen LogP contribution in [0, 0.1) is 18.6 Å². The number of hydrogen-bond donors (Lipinski definition) is 2. The van der Waals surface area contributed by atoms with E-state index in [1.54, 1.807) is 6.92 Å². The standard InChI is InChI=1S/C14H13F2N5/c1-3-17-14-19-12(8-6-18-21-13(8)20-14)10-9(15)5-4-7(2)11(10)16/h4-6H,3H2,1-2H3,(H2,17,18,19,20,21). The molecule has 2 N–H and O–H groups in total. The highest BCUT2D eigenvalue weighted by Gasteiger charge is 2.19. The maximum absolute atomic E-state index is 14.3. The normalized spacial score (nSPS) is 11.0. The van der Waals surface area contributed by atoms with E-state index in [9.17, 15) is 8.78 Å². The van der Waals surface area contributed by atoms with Crippen molar-refractivity contribution in [2.45, 2.75) is 13.8 Å². The third-order valence-electron chi connectivity index (χ3n) is 3.17. The first-order valence-corrected chi connectivity index (χ1v) is 6.51. The second-order valence-electron chi connectivity index (χ2n) is 4.61. The first-order valence-electron chi connectivity index (χ1n) is 6.51. The van der Waals surface area contributed by atoms with Crippen molar-refractivity contribution in [2.75, 3.05) is 11.9 Å². The van der Waals surface area contributed by atoms with E-state index in [0.29, 0.717) is 29.1 Å². The number of H-pyrrole nitrogens is 1. The van der Waals surface area contributed by atoms with E-state index in [2.05, 4.69) is 25.5 Å². The molecule has 0 atom stereocenters. The van der Waals surface area contributed by atoms with E-state index >= 15 is 0 Å². The van der Waals surface area contributed by atoms with Crippen LogP contribution in [0.5, 0.6) is 0 Å². The fourth-order valence-electron chi connectivity index (χ4n) is 2.14. The molecule has 2 heterocycles. The van der Waals surface area contributed by atoms with Crippen molar-refractivity contribution in [3.05, 3.63) is 35.5 Å². The lowest BCUT2D eigenvalue weighted by molar-refractivity contribution is 0.583. The molecule has 0 bridgehead atoms. The van der Waals surface area contributed by atoms with Gasteiger partial charge in [0.25, 0.3) is 0 Å². The first kappa shape index (κ1) is 13.4. The summed E-state index contributed by atoms with van der Waals surface area (Å²) in [6.45, 7) is 4.06. The van der Waals surface area contributed by atoms with Crippen LogP contribution in [0.1, 0.15) is 12.5 Å². The minimum atomic E-state index is -0.665. The van der Waals surface area contributed by atoms with Crippen LogP contribution < -0.4 is 5.32 Å². The van der Waals surface area contributed by atoms with Gasteiger partial charge in [0.2, 0.25) is 5.95 Å². The smallest absolute Gasteiger partial charge is 0.225 e. The molecule has 3 rings (SSSR count). The Kier molecular flexibility index (Phi) is 3.25. The highest BCUT2D eigenvalue weighted by Crippen LogP contribution is 2.31. The van der Waals surface area contributed by atoms with E-state index in [1.165, 1.54) is 18.3 Å². The summed E-state index contributed by atoms with van der Waals surface area (Å²) in [6.07, 6.45) is 1.46. The van der Waals surface area contributed by atoms with Crippen LogP contribution in [-0.4, -0.2) is 26.7 Å². The van der Waals surface area contributed by atoms with Gasteiger partial charge in [-0.25, -0.2) is 13.8 Å². The van der Waals surface area contributed by atoms with E-state index < -0.39 is 11.6 Å². The monoisotopic (exact) mass is 289 g/mol. The predicted octanol–water partition coefficient (Wildman–Crippen LogP) is 3.04. The van der Waals surface area contributed by atoms with Crippen molar-refractivity contribution < 1.29 is 8.78 Å². The zero-order valence-corrected chi connectivity index (χ0v) is 11.5. The van der Waals surface area contributed by atoms with E-state index in [0.717, 1.165) is 0 Å². The Hall–Kier alpha value is -2.57. The molecule has 0 aliphatic heterocycles. The molecule has 0 unspecified atom stereocenters. The van der Waals surface area contributed by atoms with Gasteiger partial charge in [-0.1, -0.05) is 6.07 Å². The Balaban J connectivity index is 2.34. The van der Waals surface area contributed by atoms with Crippen LogP contribution in [0.3, 0.4) is 0 Å². The molecule has 5 nitrogen and oxygen atoms in total. The topological polar surface area (TPSA) is 66.5 Å². The molecule has 0 fully saturated rings. The number of aromatic nitrogens is 4. The number of benzene rings is 1. The van der Waals surface area contributed by atoms with Crippen molar-refractivity contribution in [1.29, 1.82) is 0 Å². The Morgan fingerprint density at radius 1 is 1.24 bits per heavy atom. The summed E-state index contributed by atoms with van der Waals surface area (Å²) in [6, 6.07) is 2.63. The van der Waals surface area contributed by atoms with E-state index in [4.69, 9.17) is 0 Å². The van der Waals surface area contributed by atoms with Crippen LogP contribution >= 0.6 is 0 Å². The molecule has 3 aromatic rings. The highest BCUT2D eigenvalue weighted by molar-refractivity contribution is 5.91. The van der Waals surface area contributed by atoms with Crippen LogP contribution in [0.4, 0.5) is 14.7 Å². The number of nitrogens with zero attached hydrogens (tertiary/aromatic N) is 3. The summed E-state index contributed by atoms with van der Waals surface area (Å²) in [4.78, 5) is 8.44. The van der Waals surface area contributed by atoms with Crippen LogP contribution in [0.15, 0.2) is 18.3 Å². The molecule has 108 valence electrons. The second kappa shape index (κ2) is 5.08. The molecule has 21 heavy (non-hydrogen) atoms. The van der Waals surface area contributed by atoms with Gasteiger partial charge in [0.1, 0.15) is 11.6 Å². The Morgan fingerprint density at radius 3 is 2.81 bits per heavy atom. The maximum Gasteiger partial charge on any atom is 0.225 e. The lowest BCUT2D eigenvalue weighted by atomic mass is 10.0. The van der Waals surface area contributed by atoms with Gasteiger partial charge >= 0.3 is 0 Å². The Morgan fingerprint density at radius 2 is 2.05 bits per heavy atom. The van der Waals surface area contributed by atoms with Gasteiger partial charge in [0.05, 0.1) is 22.8 Å². The third-order valence-corrected chi connectivity index (χ3v) is 3.17. The van der Waals surface area contributed by atoms with Gasteiger partial charge in [-0.3, -0.25) is 5.10 Å². The molecule has 0 amide bonds. The molecule has 0 aliphatic carbocycles.